The van der Waals surface area contributed by atoms with Crippen LogP contribution in [0.25, 0.3) is 44.3 Å². The third-order valence-electron chi connectivity index (χ3n) is 8.01. The van der Waals surface area contributed by atoms with Gasteiger partial charge in [0, 0.05) is 45.4 Å². The fourth-order valence-corrected chi connectivity index (χ4v) is 5.05. The summed E-state index contributed by atoms with van der Waals surface area (Å²) in [6, 6.07) is 21.4. The van der Waals surface area contributed by atoms with Crippen molar-refractivity contribution in [2.24, 2.45) is 0 Å². The molecule has 45 heavy (non-hydrogen) atoms. The van der Waals surface area contributed by atoms with Crippen molar-refractivity contribution < 1.29 is 21.1 Å². The Bertz CT molecular complexity index is 1760. The predicted octanol–water partition coefficient (Wildman–Crippen LogP) is 9.35. The summed E-state index contributed by atoms with van der Waals surface area (Å²) < 4.78 is 0. The van der Waals surface area contributed by atoms with Crippen molar-refractivity contribution in [3.05, 3.63) is 95.6 Å². The van der Waals surface area contributed by atoms with Gasteiger partial charge in [0.25, 0.3) is 0 Å². The SMILES string of the molecule is CC(C)c1ccc2ccnc(-c3cc(C(C)(C)C)n[n-]3)c2c1.CC(C)c1ccc2ccnc(-c3cc(C(C)(C)C)n[n-]3)c2c1.[Pt+2]. The van der Waals surface area contributed by atoms with E-state index in [0.717, 1.165) is 44.9 Å². The summed E-state index contributed by atoms with van der Waals surface area (Å²) in [5.74, 6) is 0.988. The van der Waals surface area contributed by atoms with E-state index < -0.39 is 0 Å². The quantitative estimate of drug-likeness (QED) is 0.178. The summed E-state index contributed by atoms with van der Waals surface area (Å²) >= 11 is 0. The standard InChI is InChI=1S/2C19H22N3.Pt/c2*1-12(2)14-7-6-13-8-9-20-18(15(13)10-14)16-11-17(22-21-16)19(3,4)5;/h2*6-12H,1-5H3;/q2*-1;+2. The molecule has 0 amide bonds. The first-order valence-electron chi connectivity index (χ1n) is 15.5. The van der Waals surface area contributed by atoms with Crippen molar-refractivity contribution >= 4 is 21.5 Å². The molecule has 0 spiro atoms. The number of pyridine rings is 2. The van der Waals surface area contributed by atoms with Crippen LogP contribution in [-0.2, 0) is 31.9 Å². The van der Waals surface area contributed by atoms with Crippen LogP contribution in [-0.4, -0.2) is 20.2 Å². The van der Waals surface area contributed by atoms with Gasteiger partial charge in [-0.3, -0.25) is 9.97 Å². The van der Waals surface area contributed by atoms with Crippen LogP contribution in [0.2, 0.25) is 0 Å². The van der Waals surface area contributed by atoms with E-state index in [1.54, 1.807) is 0 Å². The molecule has 0 aliphatic carbocycles. The second-order valence-electron chi connectivity index (χ2n) is 14.3. The van der Waals surface area contributed by atoms with Gasteiger partial charge in [-0.25, -0.2) is 0 Å². The number of rotatable bonds is 4. The smallest absolute Gasteiger partial charge is 0.573 e. The molecule has 0 fully saturated rings. The molecular weight excluding hydrogens is 736 g/mol. The molecule has 0 atom stereocenters. The minimum atomic E-state index is -0.00106. The van der Waals surface area contributed by atoms with Crippen LogP contribution in [0.1, 0.15) is 104 Å². The molecule has 0 N–H and O–H groups in total. The zero-order valence-electron chi connectivity index (χ0n) is 28.1. The third-order valence-corrected chi connectivity index (χ3v) is 8.01. The van der Waals surface area contributed by atoms with Crippen LogP contribution >= 0.6 is 0 Å². The van der Waals surface area contributed by atoms with E-state index in [1.165, 1.54) is 21.9 Å². The Morgan fingerprint density at radius 1 is 0.533 bits per heavy atom. The number of aromatic nitrogens is 6. The minimum Gasteiger partial charge on any atom is -0.573 e. The van der Waals surface area contributed by atoms with Gasteiger partial charge in [0.15, 0.2) is 0 Å². The molecule has 0 radical (unpaired) electrons. The van der Waals surface area contributed by atoms with Crippen LogP contribution in [0, 0.1) is 0 Å². The Morgan fingerprint density at radius 2 is 0.911 bits per heavy atom. The summed E-state index contributed by atoms with van der Waals surface area (Å²) in [6.45, 7) is 21.7. The summed E-state index contributed by atoms with van der Waals surface area (Å²) in [6.07, 6.45) is 3.69. The van der Waals surface area contributed by atoms with Crippen molar-refractivity contribution in [1.29, 1.82) is 0 Å². The van der Waals surface area contributed by atoms with Gasteiger partial charge in [0.2, 0.25) is 0 Å². The van der Waals surface area contributed by atoms with Gasteiger partial charge >= 0.3 is 21.1 Å². The van der Waals surface area contributed by atoms with Crippen LogP contribution in [0.3, 0.4) is 0 Å². The minimum absolute atomic E-state index is 0. The Kier molecular flexibility index (Phi) is 10.2. The Labute approximate surface area is 282 Å². The van der Waals surface area contributed by atoms with Crippen molar-refractivity contribution in [3.63, 3.8) is 0 Å². The molecule has 2 aromatic carbocycles. The van der Waals surface area contributed by atoms with Gasteiger partial charge in [0.05, 0.1) is 11.4 Å². The topological polar surface area (TPSA) is 79.8 Å². The van der Waals surface area contributed by atoms with E-state index in [1.807, 2.05) is 24.5 Å². The van der Waals surface area contributed by atoms with Crippen molar-refractivity contribution in [3.8, 4) is 22.8 Å². The van der Waals surface area contributed by atoms with Crippen LogP contribution in [0.5, 0.6) is 0 Å². The molecule has 6 aromatic rings. The molecular formula is C38H44N6Pt. The average Bonchev–Trinajstić information content (AvgIpc) is 3.67. The van der Waals surface area contributed by atoms with Gasteiger partial charge in [-0.05, 0) is 58.0 Å². The van der Waals surface area contributed by atoms with E-state index in [-0.39, 0.29) is 31.9 Å². The molecule has 0 saturated heterocycles. The maximum atomic E-state index is 4.57. The normalized spacial score (nSPS) is 12.0. The first kappa shape index (κ1) is 34.2. The Morgan fingerprint density at radius 3 is 1.22 bits per heavy atom. The predicted molar refractivity (Wildman–Crippen MR) is 182 cm³/mol. The van der Waals surface area contributed by atoms with E-state index >= 15 is 0 Å². The second kappa shape index (κ2) is 13.4. The van der Waals surface area contributed by atoms with Gasteiger partial charge in [0.1, 0.15) is 0 Å². The molecule has 0 bridgehead atoms. The van der Waals surface area contributed by atoms with Crippen molar-refractivity contribution in [2.45, 2.75) is 91.9 Å². The summed E-state index contributed by atoms with van der Waals surface area (Å²) in [4.78, 5) is 9.14. The first-order valence-corrected chi connectivity index (χ1v) is 15.5. The number of benzene rings is 2. The molecule has 7 heteroatoms. The number of nitrogens with zero attached hydrogens (tertiary/aromatic N) is 6. The maximum Gasteiger partial charge on any atom is 2.00 e. The summed E-state index contributed by atoms with van der Waals surface area (Å²) in [5.41, 5.74) is 8.19. The van der Waals surface area contributed by atoms with Crippen molar-refractivity contribution in [1.82, 2.24) is 30.4 Å². The fraction of sp³-hybridized carbons (Fsp3) is 0.368. The van der Waals surface area contributed by atoms with E-state index in [2.05, 4.69) is 148 Å². The van der Waals surface area contributed by atoms with Crippen LogP contribution in [0.4, 0.5) is 0 Å². The largest absolute Gasteiger partial charge is 2.00 e. The molecule has 4 aromatic heterocycles. The zero-order chi connectivity index (χ0) is 31.8. The Balaban J connectivity index is 0.000000200. The zero-order valence-corrected chi connectivity index (χ0v) is 30.4. The van der Waals surface area contributed by atoms with Gasteiger partial charge in [-0.2, -0.15) is 0 Å². The van der Waals surface area contributed by atoms with E-state index in [9.17, 15) is 0 Å². The monoisotopic (exact) mass is 779 g/mol. The second-order valence-corrected chi connectivity index (χ2v) is 14.3. The molecule has 4 heterocycles. The van der Waals surface area contributed by atoms with E-state index in [0.29, 0.717) is 11.8 Å². The fourth-order valence-electron chi connectivity index (χ4n) is 5.05. The molecule has 0 unspecified atom stereocenters. The van der Waals surface area contributed by atoms with Crippen LogP contribution in [0.15, 0.2) is 73.1 Å². The summed E-state index contributed by atoms with van der Waals surface area (Å²) in [7, 11) is 0. The van der Waals surface area contributed by atoms with Crippen LogP contribution < -0.4 is 10.2 Å². The van der Waals surface area contributed by atoms with Gasteiger partial charge in [-0.15, -0.1) is 0 Å². The number of hydrogen-bond donors (Lipinski definition) is 0. The molecule has 236 valence electrons. The van der Waals surface area contributed by atoms with E-state index in [4.69, 9.17) is 0 Å². The molecule has 6 nitrogen and oxygen atoms in total. The molecule has 6 rings (SSSR count). The number of fused-ring (bicyclic) bond motifs is 2. The third kappa shape index (κ3) is 7.61. The molecule has 0 saturated carbocycles. The average molecular weight is 780 g/mol. The maximum absolute atomic E-state index is 4.57. The first-order chi connectivity index (χ1) is 20.7. The molecule has 0 aliphatic rings. The Hall–Kier alpha value is -3.63. The van der Waals surface area contributed by atoms with Gasteiger partial charge in [-0.1, -0.05) is 117 Å². The van der Waals surface area contributed by atoms with Gasteiger partial charge < -0.3 is 20.4 Å². The number of hydrogen-bond acceptors (Lipinski definition) is 4. The van der Waals surface area contributed by atoms with Crippen molar-refractivity contribution in [2.75, 3.05) is 0 Å². The summed E-state index contributed by atoms with van der Waals surface area (Å²) in [5, 5.41) is 22.1. The molecule has 0 aliphatic heterocycles.